The Hall–Kier alpha value is -3.61. The van der Waals surface area contributed by atoms with E-state index in [2.05, 4.69) is 9.97 Å². The fourth-order valence-electron chi connectivity index (χ4n) is 2.27. The van der Waals surface area contributed by atoms with Crippen LogP contribution in [0.4, 0.5) is 0 Å². The zero-order valence-electron chi connectivity index (χ0n) is 14.9. The van der Waals surface area contributed by atoms with Crippen molar-refractivity contribution in [1.82, 2.24) is 9.97 Å². The number of ether oxygens (including phenoxy) is 4. The summed E-state index contributed by atoms with van der Waals surface area (Å²) in [6.07, 6.45) is 0. The maximum atomic E-state index is 12.5. The molecule has 3 aromatic rings. The van der Waals surface area contributed by atoms with Crippen molar-refractivity contribution in [3.05, 3.63) is 71.8 Å². The number of nitrogens with zero attached hydrogens (tertiary/aromatic N) is 2. The summed E-state index contributed by atoms with van der Waals surface area (Å²) in [5.74, 6) is 0.267. The molecule has 138 valence electrons. The average molecular weight is 366 g/mol. The lowest BCUT2D eigenvalue weighted by Crippen LogP contribution is -2.07. The van der Waals surface area contributed by atoms with Crippen LogP contribution in [-0.2, 0) is 11.3 Å². The summed E-state index contributed by atoms with van der Waals surface area (Å²) in [6.45, 7) is 0.170. The van der Waals surface area contributed by atoms with Crippen molar-refractivity contribution in [2.24, 2.45) is 0 Å². The van der Waals surface area contributed by atoms with Gasteiger partial charge in [-0.1, -0.05) is 42.5 Å². The van der Waals surface area contributed by atoms with E-state index in [1.807, 2.05) is 30.3 Å². The summed E-state index contributed by atoms with van der Waals surface area (Å²) in [7, 11) is 2.91. The first-order chi connectivity index (χ1) is 13.2. The van der Waals surface area contributed by atoms with Crippen molar-refractivity contribution >= 4 is 5.97 Å². The summed E-state index contributed by atoms with van der Waals surface area (Å²) >= 11 is 0. The van der Waals surface area contributed by atoms with Gasteiger partial charge in [-0.2, -0.15) is 9.97 Å². The Balaban J connectivity index is 1.78. The van der Waals surface area contributed by atoms with Gasteiger partial charge in [0.05, 0.1) is 20.3 Å². The normalized spacial score (nSPS) is 10.1. The molecule has 0 unspecified atom stereocenters. The predicted molar refractivity (Wildman–Crippen MR) is 97.2 cm³/mol. The van der Waals surface area contributed by atoms with E-state index >= 15 is 0 Å². The van der Waals surface area contributed by atoms with E-state index in [0.29, 0.717) is 5.75 Å². The minimum absolute atomic E-state index is 0.0912. The molecule has 0 spiro atoms. The van der Waals surface area contributed by atoms with Gasteiger partial charge in [0.25, 0.3) is 0 Å². The molecule has 2 aromatic carbocycles. The molecular formula is C20H18N2O5. The molecule has 0 amide bonds. The van der Waals surface area contributed by atoms with E-state index in [1.165, 1.54) is 20.3 Å². The highest BCUT2D eigenvalue weighted by molar-refractivity contribution is 5.92. The van der Waals surface area contributed by atoms with Gasteiger partial charge in [0.2, 0.25) is 11.8 Å². The van der Waals surface area contributed by atoms with Crippen LogP contribution in [0.15, 0.2) is 60.7 Å². The maximum Gasteiger partial charge on any atom is 0.342 e. The first kappa shape index (κ1) is 18.2. The summed E-state index contributed by atoms with van der Waals surface area (Å²) < 4.78 is 21.3. The second-order valence-corrected chi connectivity index (χ2v) is 5.40. The molecule has 0 bridgehead atoms. The monoisotopic (exact) mass is 366 g/mol. The number of carbonyl (C=O) groups is 1. The van der Waals surface area contributed by atoms with Gasteiger partial charge in [-0.15, -0.1) is 0 Å². The van der Waals surface area contributed by atoms with Gasteiger partial charge in [0.15, 0.2) is 0 Å². The molecule has 0 atom stereocenters. The Kier molecular flexibility index (Phi) is 5.84. The van der Waals surface area contributed by atoms with Crippen LogP contribution in [-0.4, -0.2) is 30.2 Å². The highest BCUT2D eigenvalue weighted by Gasteiger charge is 2.16. The first-order valence-corrected chi connectivity index (χ1v) is 8.14. The van der Waals surface area contributed by atoms with Gasteiger partial charge in [-0.05, 0) is 17.7 Å². The summed E-state index contributed by atoms with van der Waals surface area (Å²) in [5.41, 5.74) is 1.18. The van der Waals surface area contributed by atoms with E-state index in [1.54, 1.807) is 24.3 Å². The van der Waals surface area contributed by atoms with Gasteiger partial charge in [0.1, 0.15) is 17.9 Å². The Bertz CT molecular complexity index is 893. The molecule has 1 heterocycles. The molecule has 27 heavy (non-hydrogen) atoms. The third kappa shape index (κ3) is 4.72. The number of hydrogen-bond donors (Lipinski definition) is 0. The lowest BCUT2D eigenvalue weighted by molar-refractivity contribution is 0.0470. The van der Waals surface area contributed by atoms with Gasteiger partial charge in [0, 0.05) is 0 Å². The molecule has 7 nitrogen and oxygen atoms in total. The molecule has 1 aromatic heterocycles. The fraction of sp³-hybridized carbons (Fsp3) is 0.150. The minimum atomic E-state index is -0.498. The summed E-state index contributed by atoms with van der Waals surface area (Å²) in [5, 5.41) is 0. The topological polar surface area (TPSA) is 79.8 Å². The van der Waals surface area contributed by atoms with Crippen molar-refractivity contribution in [3.63, 3.8) is 0 Å². The number of hydrogen-bond acceptors (Lipinski definition) is 7. The number of para-hydroxylation sites is 1. The Morgan fingerprint density at radius 2 is 1.59 bits per heavy atom. The number of rotatable bonds is 7. The average Bonchev–Trinajstić information content (AvgIpc) is 2.72. The van der Waals surface area contributed by atoms with E-state index in [0.717, 1.165) is 5.56 Å². The number of benzene rings is 2. The van der Waals surface area contributed by atoms with Crippen molar-refractivity contribution in [2.75, 3.05) is 14.2 Å². The predicted octanol–water partition coefficient (Wildman–Crippen LogP) is 3.64. The van der Waals surface area contributed by atoms with Crippen LogP contribution in [0.5, 0.6) is 23.5 Å². The Labute approximate surface area is 156 Å². The van der Waals surface area contributed by atoms with Crippen LogP contribution in [0.25, 0.3) is 0 Å². The molecule has 7 heteroatoms. The van der Waals surface area contributed by atoms with Crippen molar-refractivity contribution < 1.29 is 23.7 Å². The molecule has 3 rings (SSSR count). The molecule has 0 radical (unpaired) electrons. The molecule has 0 aliphatic heterocycles. The zero-order valence-corrected chi connectivity index (χ0v) is 14.9. The molecule has 0 saturated heterocycles. The molecule has 0 fully saturated rings. The standard InChI is InChI=1S/C20H18N2O5/c1-24-17-12-18(22-20(21-17)25-2)27-16-11-7-6-10-15(16)19(23)26-13-14-8-4-3-5-9-14/h3-12H,13H2,1-2H3. The van der Waals surface area contributed by atoms with Gasteiger partial charge >= 0.3 is 12.0 Å². The second kappa shape index (κ2) is 8.66. The first-order valence-electron chi connectivity index (χ1n) is 8.14. The van der Waals surface area contributed by atoms with E-state index in [4.69, 9.17) is 18.9 Å². The van der Waals surface area contributed by atoms with Crippen molar-refractivity contribution in [2.45, 2.75) is 6.61 Å². The number of esters is 1. The minimum Gasteiger partial charge on any atom is -0.481 e. The molecule has 0 N–H and O–H groups in total. The highest BCUT2D eigenvalue weighted by atomic mass is 16.5. The molecule has 0 aliphatic rings. The summed E-state index contributed by atoms with van der Waals surface area (Å²) in [6, 6.07) is 17.8. The molecule has 0 aliphatic carbocycles. The highest BCUT2D eigenvalue weighted by Crippen LogP contribution is 2.28. The van der Waals surface area contributed by atoms with E-state index < -0.39 is 5.97 Å². The quantitative estimate of drug-likeness (QED) is 0.591. The molecular weight excluding hydrogens is 348 g/mol. The third-order valence-electron chi connectivity index (χ3n) is 3.58. The lowest BCUT2D eigenvalue weighted by Gasteiger charge is -2.11. The smallest absolute Gasteiger partial charge is 0.342 e. The van der Waals surface area contributed by atoms with Crippen molar-refractivity contribution in [1.29, 1.82) is 0 Å². The van der Waals surface area contributed by atoms with Crippen LogP contribution >= 0.6 is 0 Å². The third-order valence-corrected chi connectivity index (χ3v) is 3.58. The SMILES string of the molecule is COc1cc(Oc2ccccc2C(=O)OCc2ccccc2)nc(OC)n1. The number of aromatic nitrogens is 2. The lowest BCUT2D eigenvalue weighted by atomic mass is 10.2. The Morgan fingerprint density at radius 1 is 0.889 bits per heavy atom. The largest absolute Gasteiger partial charge is 0.481 e. The number of carbonyl (C=O) groups excluding carboxylic acids is 1. The second-order valence-electron chi connectivity index (χ2n) is 5.40. The van der Waals surface area contributed by atoms with Crippen LogP contribution in [0, 0.1) is 0 Å². The van der Waals surface area contributed by atoms with Gasteiger partial charge in [-0.25, -0.2) is 4.79 Å². The van der Waals surface area contributed by atoms with Gasteiger partial charge < -0.3 is 18.9 Å². The van der Waals surface area contributed by atoms with Gasteiger partial charge in [-0.3, -0.25) is 0 Å². The van der Waals surface area contributed by atoms with Crippen LogP contribution in [0.1, 0.15) is 15.9 Å². The van der Waals surface area contributed by atoms with E-state index in [-0.39, 0.29) is 29.9 Å². The van der Waals surface area contributed by atoms with Crippen LogP contribution in [0.2, 0.25) is 0 Å². The van der Waals surface area contributed by atoms with Crippen LogP contribution in [0.3, 0.4) is 0 Å². The Morgan fingerprint density at radius 3 is 2.33 bits per heavy atom. The fourth-order valence-corrected chi connectivity index (χ4v) is 2.27. The maximum absolute atomic E-state index is 12.5. The molecule has 0 saturated carbocycles. The number of methoxy groups -OCH3 is 2. The van der Waals surface area contributed by atoms with Crippen molar-refractivity contribution in [3.8, 4) is 23.5 Å². The van der Waals surface area contributed by atoms with E-state index in [9.17, 15) is 4.79 Å². The van der Waals surface area contributed by atoms with Crippen LogP contribution < -0.4 is 14.2 Å². The zero-order chi connectivity index (χ0) is 19.1. The summed E-state index contributed by atoms with van der Waals surface area (Å²) in [4.78, 5) is 20.6.